The number of hydrogen-bond acceptors (Lipinski definition) is 2. The van der Waals surface area contributed by atoms with E-state index in [1.165, 1.54) is 7.11 Å². The first-order valence-corrected chi connectivity index (χ1v) is 10.9. The Hall–Kier alpha value is -1.86. The summed E-state index contributed by atoms with van der Waals surface area (Å²) in [5.74, 6) is -0.869. The maximum Gasteiger partial charge on any atom is 0.173 e. The molecule has 0 bridgehead atoms. The third-order valence-electron chi connectivity index (χ3n) is 5.18. The largest absolute Gasteiger partial charge is 0.504 e. The van der Waals surface area contributed by atoms with Crippen molar-refractivity contribution in [1.82, 2.24) is 0 Å². The van der Waals surface area contributed by atoms with Crippen molar-refractivity contribution in [3.05, 3.63) is 78.9 Å². The second-order valence-corrected chi connectivity index (χ2v) is 9.07. The van der Waals surface area contributed by atoms with Gasteiger partial charge in [-0.1, -0.05) is 43.6 Å². The van der Waals surface area contributed by atoms with E-state index in [1.807, 2.05) is 43.4 Å². The van der Waals surface area contributed by atoms with Crippen LogP contribution in [0.2, 0.25) is 5.02 Å². The second kappa shape index (κ2) is 9.10. The molecule has 3 aromatic carbocycles. The van der Waals surface area contributed by atoms with E-state index in [4.69, 9.17) is 16.3 Å². The van der Waals surface area contributed by atoms with Crippen molar-refractivity contribution >= 4 is 34.2 Å². The molecule has 0 unspecified atom stereocenters. The number of aromatic hydroxyl groups is 1. The highest BCUT2D eigenvalue weighted by molar-refractivity contribution is 14.1. The summed E-state index contributed by atoms with van der Waals surface area (Å²) >= 11 is 8.41. The molecule has 0 saturated carbocycles. The Kier molecular flexibility index (Phi) is 6.92. The average Bonchev–Trinajstić information content (AvgIpc) is 2.69. The maximum absolute atomic E-state index is 15.2. The molecule has 2 nitrogen and oxygen atoms in total. The van der Waals surface area contributed by atoms with Crippen LogP contribution < -0.4 is 4.74 Å². The van der Waals surface area contributed by atoms with Crippen molar-refractivity contribution in [3.63, 3.8) is 0 Å². The standard InChI is InChI=1S/C24H22ClF2IO2/c1-12(2)21-20(30-4)8-5-14(22(21)26)10-17-13(3)9-15(11-18(17)25)16-6-7-19(28)24(29)23(16)27/h5-9,11-12,29H,10H2,1-4H3. The van der Waals surface area contributed by atoms with Crippen LogP contribution >= 0.6 is 34.2 Å². The molecule has 0 heterocycles. The summed E-state index contributed by atoms with van der Waals surface area (Å²) in [7, 11) is 1.53. The molecular weight excluding hydrogens is 521 g/mol. The van der Waals surface area contributed by atoms with E-state index in [0.717, 1.165) is 11.1 Å². The fraction of sp³-hybridized carbons (Fsp3) is 0.250. The van der Waals surface area contributed by atoms with Gasteiger partial charge in [0.15, 0.2) is 11.6 Å². The van der Waals surface area contributed by atoms with Crippen LogP contribution in [0.4, 0.5) is 8.78 Å². The summed E-state index contributed by atoms with van der Waals surface area (Å²) < 4.78 is 35.5. The van der Waals surface area contributed by atoms with Gasteiger partial charge in [0.1, 0.15) is 11.6 Å². The summed E-state index contributed by atoms with van der Waals surface area (Å²) in [6.45, 7) is 5.70. The lowest BCUT2D eigenvalue weighted by Crippen LogP contribution is -2.04. The highest BCUT2D eigenvalue weighted by Gasteiger charge is 2.20. The number of rotatable bonds is 5. The molecule has 3 aromatic rings. The van der Waals surface area contributed by atoms with Crippen molar-refractivity contribution in [3.8, 4) is 22.6 Å². The Balaban J connectivity index is 2.04. The number of hydrogen-bond donors (Lipinski definition) is 1. The number of ether oxygens (including phenoxy) is 1. The molecule has 0 aliphatic carbocycles. The Morgan fingerprint density at radius 3 is 2.40 bits per heavy atom. The first kappa shape index (κ1) is 22.8. The van der Waals surface area contributed by atoms with Gasteiger partial charge in [-0.15, -0.1) is 0 Å². The zero-order valence-corrected chi connectivity index (χ0v) is 20.0. The van der Waals surface area contributed by atoms with E-state index in [1.54, 1.807) is 36.4 Å². The van der Waals surface area contributed by atoms with E-state index < -0.39 is 5.82 Å². The summed E-state index contributed by atoms with van der Waals surface area (Å²) in [5, 5.41) is 10.3. The molecule has 0 saturated heterocycles. The van der Waals surface area contributed by atoms with Gasteiger partial charge >= 0.3 is 0 Å². The van der Waals surface area contributed by atoms with Gasteiger partial charge in [-0.3, -0.25) is 0 Å². The monoisotopic (exact) mass is 542 g/mol. The highest BCUT2D eigenvalue weighted by Crippen LogP contribution is 2.37. The molecule has 0 amide bonds. The number of methoxy groups -OCH3 is 1. The topological polar surface area (TPSA) is 29.5 Å². The molecule has 0 aliphatic heterocycles. The molecule has 0 fully saturated rings. The molecule has 0 atom stereocenters. The molecule has 0 spiro atoms. The quantitative estimate of drug-likeness (QED) is 0.336. The predicted octanol–water partition coefficient (Wildman–Crippen LogP) is 7.63. The Labute approximate surface area is 194 Å². The van der Waals surface area contributed by atoms with Crippen LogP contribution in [0.25, 0.3) is 11.1 Å². The van der Waals surface area contributed by atoms with Crippen LogP contribution in [0.5, 0.6) is 11.5 Å². The van der Waals surface area contributed by atoms with E-state index >= 15 is 4.39 Å². The van der Waals surface area contributed by atoms with Gasteiger partial charge in [-0.2, -0.15) is 0 Å². The number of halogens is 4. The molecular formula is C24H22ClF2IO2. The van der Waals surface area contributed by atoms with Crippen molar-refractivity contribution in [2.75, 3.05) is 7.11 Å². The fourth-order valence-electron chi connectivity index (χ4n) is 3.58. The van der Waals surface area contributed by atoms with Gasteiger partial charge in [0.2, 0.25) is 0 Å². The van der Waals surface area contributed by atoms with Gasteiger partial charge in [-0.05, 0) is 75.9 Å². The van der Waals surface area contributed by atoms with Gasteiger partial charge in [0, 0.05) is 22.6 Å². The zero-order chi connectivity index (χ0) is 22.2. The molecule has 158 valence electrons. The van der Waals surface area contributed by atoms with E-state index in [-0.39, 0.29) is 23.0 Å². The first-order valence-electron chi connectivity index (χ1n) is 9.47. The van der Waals surface area contributed by atoms with Crippen molar-refractivity contribution in [2.24, 2.45) is 0 Å². The van der Waals surface area contributed by atoms with Crippen LogP contribution in [0.1, 0.15) is 42.0 Å². The number of benzene rings is 3. The summed E-state index contributed by atoms with van der Waals surface area (Å²) in [5.41, 5.74) is 3.48. The van der Waals surface area contributed by atoms with E-state index in [2.05, 4.69) is 0 Å². The Bertz CT molecular complexity index is 1090. The Morgan fingerprint density at radius 2 is 1.80 bits per heavy atom. The van der Waals surface area contributed by atoms with E-state index in [9.17, 15) is 9.50 Å². The summed E-state index contributed by atoms with van der Waals surface area (Å²) in [6.07, 6.45) is 0.306. The van der Waals surface area contributed by atoms with Gasteiger partial charge in [-0.25, -0.2) is 8.78 Å². The first-order chi connectivity index (χ1) is 14.1. The fourth-order valence-corrected chi connectivity index (χ4v) is 4.33. The zero-order valence-electron chi connectivity index (χ0n) is 17.1. The lowest BCUT2D eigenvalue weighted by atomic mass is 9.92. The third-order valence-corrected chi connectivity index (χ3v) is 6.39. The summed E-state index contributed by atoms with van der Waals surface area (Å²) in [6, 6.07) is 10.2. The third kappa shape index (κ3) is 4.28. The second-order valence-electron chi connectivity index (χ2n) is 7.50. The van der Waals surface area contributed by atoms with Gasteiger partial charge in [0.05, 0.1) is 10.7 Å². The van der Waals surface area contributed by atoms with Crippen LogP contribution in [-0.2, 0) is 6.42 Å². The number of aryl methyl sites for hydroxylation is 1. The Morgan fingerprint density at radius 1 is 1.10 bits per heavy atom. The minimum absolute atomic E-state index is 0.0321. The van der Waals surface area contributed by atoms with Gasteiger partial charge < -0.3 is 9.84 Å². The van der Waals surface area contributed by atoms with Gasteiger partial charge in [0.25, 0.3) is 0 Å². The molecule has 3 rings (SSSR count). The van der Waals surface area contributed by atoms with Crippen LogP contribution in [-0.4, -0.2) is 12.2 Å². The van der Waals surface area contributed by atoms with Crippen molar-refractivity contribution in [2.45, 2.75) is 33.1 Å². The minimum Gasteiger partial charge on any atom is -0.504 e. The lowest BCUT2D eigenvalue weighted by Gasteiger charge is -2.17. The number of phenols is 1. The molecule has 0 aromatic heterocycles. The lowest BCUT2D eigenvalue weighted by molar-refractivity contribution is 0.401. The molecule has 30 heavy (non-hydrogen) atoms. The van der Waals surface area contributed by atoms with Crippen LogP contribution in [0.3, 0.4) is 0 Å². The SMILES string of the molecule is COc1ccc(Cc2c(C)cc(-c3ccc(I)c(O)c3F)cc2Cl)c(F)c1C(C)C. The van der Waals surface area contributed by atoms with Crippen molar-refractivity contribution in [1.29, 1.82) is 0 Å². The normalized spacial score (nSPS) is 11.2. The highest BCUT2D eigenvalue weighted by atomic mass is 127. The van der Waals surface area contributed by atoms with Crippen LogP contribution in [0, 0.1) is 22.1 Å². The predicted molar refractivity (Wildman–Crippen MR) is 126 cm³/mol. The smallest absolute Gasteiger partial charge is 0.173 e. The molecule has 0 radical (unpaired) electrons. The summed E-state index contributed by atoms with van der Waals surface area (Å²) in [4.78, 5) is 0. The van der Waals surface area contributed by atoms with Crippen molar-refractivity contribution < 1.29 is 18.6 Å². The molecule has 1 N–H and O–H groups in total. The minimum atomic E-state index is -0.687. The molecule has 0 aliphatic rings. The number of phenolic OH excluding ortho intramolecular Hbond substituents is 1. The van der Waals surface area contributed by atoms with E-state index in [0.29, 0.717) is 37.5 Å². The maximum atomic E-state index is 15.2. The molecule has 6 heteroatoms. The average molecular weight is 543 g/mol. The van der Waals surface area contributed by atoms with Crippen LogP contribution in [0.15, 0.2) is 36.4 Å².